The monoisotopic (exact) mass is 621 g/mol. The van der Waals surface area contributed by atoms with Crippen LogP contribution < -0.4 is 10.2 Å². The number of hydrogen-bond acceptors (Lipinski definition) is 5. The minimum Gasteiger partial charge on any atom is -0.351 e. The summed E-state index contributed by atoms with van der Waals surface area (Å²) in [5, 5.41) is 3.20. The molecule has 2 fully saturated rings. The number of nitrogens with zero attached hydrogens (tertiary/aromatic N) is 4. The van der Waals surface area contributed by atoms with Crippen molar-refractivity contribution in [3.8, 4) is 0 Å². The maximum absolute atomic E-state index is 14.6. The van der Waals surface area contributed by atoms with Crippen molar-refractivity contribution < 1.29 is 19.2 Å². The van der Waals surface area contributed by atoms with Crippen LogP contribution in [0.5, 0.6) is 0 Å². The van der Waals surface area contributed by atoms with E-state index in [1.54, 1.807) is 29.4 Å². The zero-order valence-corrected chi connectivity index (χ0v) is 26.9. The first-order valence-electron chi connectivity index (χ1n) is 16.0. The minimum absolute atomic E-state index is 0.0238. The first-order chi connectivity index (χ1) is 22.1. The molecule has 2 unspecified atom stereocenters. The SMILES string of the molecule is C=CC(=O)N1CCCC1C(=O)N(c1ccc(C(C)(C)C)cc1)C(C(=O)NC1CCN(C(=O)c2ccccc2)CC1)c1cccnc1. The maximum Gasteiger partial charge on any atom is 0.253 e. The van der Waals surface area contributed by atoms with Crippen molar-refractivity contribution in [2.24, 2.45) is 0 Å². The van der Waals surface area contributed by atoms with Gasteiger partial charge in [0.25, 0.3) is 11.8 Å². The predicted molar refractivity (Wildman–Crippen MR) is 178 cm³/mol. The average Bonchev–Trinajstić information content (AvgIpc) is 3.57. The van der Waals surface area contributed by atoms with Gasteiger partial charge in [-0.25, -0.2) is 0 Å². The summed E-state index contributed by atoms with van der Waals surface area (Å²) in [4.78, 5) is 63.9. The van der Waals surface area contributed by atoms with Gasteiger partial charge in [-0.05, 0) is 73.1 Å². The number of rotatable bonds is 8. The molecule has 3 heterocycles. The third-order valence-corrected chi connectivity index (χ3v) is 8.90. The highest BCUT2D eigenvalue weighted by Gasteiger charge is 2.42. The highest BCUT2D eigenvalue weighted by Crippen LogP contribution is 2.33. The number of nitrogens with one attached hydrogen (secondary N) is 1. The lowest BCUT2D eigenvalue weighted by Crippen LogP contribution is -2.54. The highest BCUT2D eigenvalue weighted by atomic mass is 16.2. The number of likely N-dealkylation sites (tertiary alicyclic amines) is 2. The Morgan fingerprint density at radius 1 is 0.935 bits per heavy atom. The fourth-order valence-corrected chi connectivity index (χ4v) is 6.32. The Hall–Kier alpha value is -4.79. The van der Waals surface area contributed by atoms with Crippen LogP contribution in [0.1, 0.15) is 74.0 Å². The van der Waals surface area contributed by atoms with E-state index in [2.05, 4.69) is 37.7 Å². The van der Waals surface area contributed by atoms with Gasteiger partial charge >= 0.3 is 0 Å². The molecule has 2 saturated heterocycles. The summed E-state index contributed by atoms with van der Waals surface area (Å²) in [5.41, 5.74) is 2.74. The Labute approximate surface area is 271 Å². The van der Waals surface area contributed by atoms with Gasteiger partial charge in [0.1, 0.15) is 12.1 Å². The van der Waals surface area contributed by atoms with Gasteiger partial charge in [-0.15, -0.1) is 0 Å². The molecule has 2 aliphatic heterocycles. The summed E-state index contributed by atoms with van der Waals surface area (Å²) in [6, 6.07) is 18.5. The smallest absolute Gasteiger partial charge is 0.253 e. The second kappa shape index (κ2) is 14.1. The van der Waals surface area contributed by atoms with Gasteiger partial charge in [0, 0.05) is 54.9 Å². The van der Waals surface area contributed by atoms with Crippen LogP contribution in [0.25, 0.3) is 0 Å². The molecule has 2 aliphatic rings. The third kappa shape index (κ3) is 7.19. The van der Waals surface area contributed by atoms with Gasteiger partial charge in [-0.2, -0.15) is 0 Å². The fourth-order valence-electron chi connectivity index (χ4n) is 6.32. The molecule has 240 valence electrons. The number of pyridine rings is 1. The largest absolute Gasteiger partial charge is 0.351 e. The number of amides is 4. The molecule has 0 aliphatic carbocycles. The predicted octanol–water partition coefficient (Wildman–Crippen LogP) is 5.05. The maximum atomic E-state index is 14.6. The van der Waals surface area contributed by atoms with Crippen molar-refractivity contribution in [3.63, 3.8) is 0 Å². The molecular weight excluding hydrogens is 578 g/mol. The van der Waals surface area contributed by atoms with Crippen LogP contribution in [0.4, 0.5) is 5.69 Å². The van der Waals surface area contributed by atoms with Crippen LogP contribution in [0.15, 0.2) is 91.8 Å². The average molecular weight is 622 g/mol. The molecule has 0 radical (unpaired) electrons. The topological polar surface area (TPSA) is 103 Å². The van der Waals surface area contributed by atoms with E-state index in [1.807, 2.05) is 59.5 Å². The molecule has 2 aromatic carbocycles. The van der Waals surface area contributed by atoms with E-state index >= 15 is 0 Å². The highest BCUT2D eigenvalue weighted by molar-refractivity contribution is 6.05. The second-order valence-corrected chi connectivity index (χ2v) is 13.0. The Balaban J connectivity index is 1.45. The molecule has 9 heteroatoms. The second-order valence-electron chi connectivity index (χ2n) is 13.0. The zero-order valence-electron chi connectivity index (χ0n) is 26.9. The van der Waals surface area contributed by atoms with Crippen LogP contribution in [0.2, 0.25) is 0 Å². The standard InChI is InChI=1S/C37H43N5O4/c1-5-32(43)41-22-10-14-31(41)36(46)42(30-17-15-28(16-18-30)37(2,3)4)33(27-13-9-21-38-25-27)34(44)39-29-19-23-40(24-20-29)35(45)26-11-7-6-8-12-26/h5-9,11-13,15-18,21,25,29,31,33H,1,10,14,19-20,22-24H2,2-4H3,(H,39,44). The van der Waals surface area contributed by atoms with Crippen molar-refractivity contribution in [1.82, 2.24) is 20.1 Å². The Kier molecular flexibility index (Phi) is 9.99. The lowest BCUT2D eigenvalue weighted by molar-refractivity contribution is -0.135. The molecule has 5 rings (SSSR count). The quantitative estimate of drug-likeness (QED) is 0.355. The summed E-state index contributed by atoms with van der Waals surface area (Å²) < 4.78 is 0. The van der Waals surface area contributed by atoms with E-state index in [9.17, 15) is 19.2 Å². The zero-order chi connectivity index (χ0) is 32.8. The summed E-state index contributed by atoms with van der Waals surface area (Å²) in [6.07, 6.45) is 6.81. The molecular formula is C37H43N5O4. The molecule has 2 atom stereocenters. The van der Waals surface area contributed by atoms with Crippen LogP contribution in [-0.4, -0.2) is 70.1 Å². The third-order valence-electron chi connectivity index (χ3n) is 8.90. The number of piperidine rings is 1. The van der Waals surface area contributed by atoms with Crippen molar-refractivity contribution in [1.29, 1.82) is 0 Å². The van der Waals surface area contributed by atoms with E-state index in [1.165, 1.54) is 11.0 Å². The van der Waals surface area contributed by atoms with Crippen LogP contribution in [0.3, 0.4) is 0 Å². The van der Waals surface area contributed by atoms with Crippen LogP contribution >= 0.6 is 0 Å². The van der Waals surface area contributed by atoms with Crippen LogP contribution in [0, 0.1) is 0 Å². The summed E-state index contributed by atoms with van der Waals surface area (Å²) in [7, 11) is 0. The van der Waals surface area contributed by atoms with Crippen molar-refractivity contribution in [2.45, 2.75) is 70.0 Å². The van der Waals surface area contributed by atoms with Crippen molar-refractivity contribution in [3.05, 3.63) is 108 Å². The Morgan fingerprint density at radius 2 is 1.63 bits per heavy atom. The van der Waals surface area contributed by atoms with Gasteiger partial charge in [-0.1, -0.05) is 63.7 Å². The first-order valence-corrected chi connectivity index (χ1v) is 16.0. The Morgan fingerprint density at radius 3 is 2.24 bits per heavy atom. The Bertz CT molecular complexity index is 1540. The molecule has 0 spiro atoms. The molecule has 4 amide bonds. The van der Waals surface area contributed by atoms with E-state index in [-0.39, 0.29) is 35.1 Å². The molecule has 1 N–H and O–H groups in total. The number of hydrogen-bond donors (Lipinski definition) is 1. The van der Waals surface area contributed by atoms with Crippen molar-refractivity contribution >= 4 is 29.3 Å². The molecule has 1 aromatic heterocycles. The molecule has 9 nitrogen and oxygen atoms in total. The van der Waals surface area contributed by atoms with Gasteiger partial charge < -0.3 is 15.1 Å². The molecule has 0 saturated carbocycles. The number of anilines is 1. The summed E-state index contributed by atoms with van der Waals surface area (Å²) in [5.74, 6) is -1.00. The summed E-state index contributed by atoms with van der Waals surface area (Å²) in [6.45, 7) is 11.4. The first kappa shape index (κ1) is 32.6. The van der Waals surface area contributed by atoms with Crippen LogP contribution in [-0.2, 0) is 19.8 Å². The van der Waals surface area contributed by atoms with Gasteiger partial charge in [0.15, 0.2) is 0 Å². The summed E-state index contributed by atoms with van der Waals surface area (Å²) >= 11 is 0. The lowest BCUT2D eigenvalue weighted by Gasteiger charge is -2.37. The lowest BCUT2D eigenvalue weighted by atomic mass is 9.87. The number of carbonyl (C=O) groups is 4. The molecule has 0 bridgehead atoms. The number of carbonyl (C=O) groups excluding carboxylic acids is 4. The minimum atomic E-state index is -1.04. The van der Waals surface area contributed by atoms with Gasteiger partial charge in [-0.3, -0.25) is 29.1 Å². The van der Waals surface area contributed by atoms with E-state index < -0.39 is 12.1 Å². The van der Waals surface area contributed by atoms with Gasteiger partial charge in [0.05, 0.1) is 0 Å². The van der Waals surface area contributed by atoms with Crippen molar-refractivity contribution in [2.75, 3.05) is 24.5 Å². The van der Waals surface area contributed by atoms with E-state index in [4.69, 9.17) is 0 Å². The fraction of sp³-hybridized carbons (Fsp3) is 0.378. The van der Waals surface area contributed by atoms with E-state index in [0.717, 1.165) is 5.56 Å². The number of aromatic nitrogens is 1. The molecule has 3 aromatic rings. The number of benzene rings is 2. The van der Waals surface area contributed by atoms with E-state index in [0.29, 0.717) is 62.1 Å². The molecule has 46 heavy (non-hydrogen) atoms. The normalized spacial score (nSPS) is 17.7. The van der Waals surface area contributed by atoms with Gasteiger partial charge in [0.2, 0.25) is 11.8 Å².